The molecule has 9 heteroatoms. The van der Waals surface area contributed by atoms with Gasteiger partial charge in [0.05, 0.1) is 28.4 Å². The van der Waals surface area contributed by atoms with E-state index in [1.807, 2.05) is 0 Å². The van der Waals surface area contributed by atoms with Crippen molar-refractivity contribution in [2.24, 2.45) is 5.10 Å². The molecule has 1 amide bonds. The highest BCUT2D eigenvalue weighted by Crippen LogP contribution is 2.29. The molecule has 3 rings (SSSR count). The average molecular weight is 518 g/mol. The van der Waals surface area contributed by atoms with E-state index >= 15 is 0 Å². The molecular weight excluding hydrogens is 500 g/mol. The van der Waals surface area contributed by atoms with Gasteiger partial charge in [0.2, 0.25) is 0 Å². The number of amides is 1. The smallest absolute Gasteiger partial charge is 0.345 e. The van der Waals surface area contributed by atoms with Crippen molar-refractivity contribution in [3.63, 3.8) is 0 Å². The van der Waals surface area contributed by atoms with Gasteiger partial charge in [-0.15, -0.1) is 0 Å². The summed E-state index contributed by atoms with van der Waals surface area (Å²) in [6.45, 7) is -0.209. The fourth-order valence-corrected chi connectivity index (χ4v) is 3.18. The summed E-state index contributed by atoms with van der Waals surface area (Å²) in [5, 5.41) is 4.21. The van der Waals surface area contributed by atoms with Crippen LogP contribution in [0.5, 0.6) is 17.2 Å². The summed E-state index contributed by atoms with van der Waals surface area (Å²) in [6, 6.07) is 18.4. The molecule has 1 N–H and O–H groups in total. The van der Waals surface area contributed by atoms with Gasteiger partial charge in [0.1, 0.15) is 17.2 Å². The lowest BCUT2D eigenvalue weighted by molar-refractivity contribution is -0.123. The third-order valence-corrected chi connectivity index (χ3v) is 5.03. The van der Waals surface area contributed by atoms with Crippen LogP contribution in [0.4, 0.5) is 0 Å². The minimum atomic E-state index is -0.548. The van der Waals surface area contributed by atoms with E-state index in [0.717, 1.165) is 0 Å². The first kappa shape index (κ1) is 23.3. The van der Waals surface area contributed by atoms with Gasteiger partial charge in [0.25, 0.3) is 5.91 Å². The van der Waals surface area contributed by atoms with Crippen LogP contribution in [-0.2, 0) is 4.79 Å². The first-order chi connectivity index (χ1) is 15.5. The molecule has 7 nitrogen and oxygen atoms in total. The van der Waals surface area contributed by atoms with Crippen LogP contribution >= 0.6 is 27.5 Å². The topological polar surface area (TPSA) is 86.2 Å². The SMILES string of the molecule is COc1ccc(OCC(=O)N/N=C/c2ccc(OC(=O)c3ccccc3Cl)cc2)c(Br)c1. The standard InChI is InChI=1S/C23H18BrClN2O5/c1-30-17-10-11-21(19(24)12-17)31-14-22(28)27-26-13-15-6-8-16(9-7-15)32-23(29)18-4-2-3-5-20(18)25/h2-13H,14H2,1H3,(H,27,28)/b26-13+. The number of nitrogens with one attached hydrogen (secondary N) is 1. The van der Waals surface area contributed by atoms with Crippen molar-refractivity contribution in [3.8, 4) is 17.2 Å². The Kier molecular flexibility index (Phi) is 8.24. The van der Waals surface area contributed by atoms with Crippen LogP contribution in [0.15, 0.2) is 76.3 Å². The third-order valence-electron chi connectivity index (χ3n) is 4.09. The van der Waals surface area contributed by atoms with E-state index in [4.69, 9.17) is 25.8 Å². The van der Waals surface area contributed by atoms with Crippen molar-refractivity contribution in [1.29, 1.82) is 0 Å². The van der Waals surface area contributed by atoms with E-state index < -0.39 is 11.9 Å². The number of benzene rings is 3. The molecule has 164 valence electrons. The summed E-state index contributed by atoms with van der Waals surface area (Å²) >= 11 is 9.36. The molecule has 0 bridgehead atoms. The molecule has 0 aliphatic carbocycles. The average Bonchev–Trinajstić information content (AvgIpc) is 2.79. The molecule has 0 atom stereocenters. The maximum absolute atomic E-state index is 12.2. The maximum atomic E-state index is 12.2. The normalized spacial score (nSPS) is 10.6. The Morgan fingerprint density at radius 1 is 1.06 bits per heavy atom. The number of hydrogen-bond acceptors (Lipinski definition) is 6. The zero-order chi connectivity index (χ0) is 22.9. The molecule has 32 heavy (non-hydrogen) atoms. The fourth-order valence-electron chi connectivity index (χ4n) is 2.49. The van der Waals surface area contributed by atoms with E-state index in [-0.39, 0.29) is 12.2 Å². The number of methoxy groups -OCH3 is 1. The van der Waals surface area contributed by atoms with Gasteiger partial charge >= 0.3 is 5.97 Å². The van der Waals surface area contributed by atoms with Gasteiger partial charge in [0.15, 0.2) is 6.61 Å². The number of hydrogen-bond donors (Lipinski definition) is 1. The highest BCUT2D eigenvalue weighted by molar-refractivity contribution is 9.10. The molecule has 0 saturated carbocycles. The van der Waals surface area contributed by atoms with Crippen molar-refractivity contribution in [2.45, 2.75) is 0 Å². The lowest BCUT2D eigenvalue weighted by Gasteiger charge is -2.08. The Labute approximate surface area is 198 Å². The predicted octanol–water partition coefficient (Wildman–Crippen LogP) is 4.86. The maximum Gasteiger partial charge on any atom is 0.345 e. The minimum absolute atomic E-state index is 0.209. The summed E-state index contributed by atoms with van der Waals surface area (Å²) < 4.78 is 16.5. The van der Waals surface area contributed by atoms with Gasteiger partial charge in [-0.1, -0.05) is 23.7 Å². The zero-order valence-electron chi connectivity index (χ0n) is 16.9. The van der Waals surface area contributed by atoms with Crippen LogP contribution in [0, 0.1) is 0 Å². The largest absolute Gasteiger partial charge is 0.497 e. The first-order valence-electron chi connectivity index (χ1n) is 9.31. The number of ether oxygens (including phenoxy) is 3. The summed E-state index contributed by atoms with van der Waals surface area (Å²) in [7, 11) is 1.56. The van der Waals surface area contributed by atoms with E-state index in [2.05, 4.69) is 26.5 Å². The highest BCUT2D eigenvalue weighted by Gasteiger charge is 2.12. The van der Waals surface area contributed by atoms with E-state index in [9.17, 15) is 9.59 Å². The molecule has 0 aliphatic heterocycles. The Morgan fingerprint density at radius 2 is 1.78 bits per heavy atom. The predicted molar refractivity (Wildman–Crippen MR) is 125 cm³/mol. The van der Waals surface area contributed by atoms with Crippen LogP contribution in [-0.4, -0.2) is 31.8 Å². The van der Waals surface area contributed by atoms with Crippen molar-refractivity contribution < 1.29 is 23.8 Å². The Balaban J connectivity index is 1.47. The minimum Gasteiger partial charge on any atom is -0.497 e. The summed E-state index contributed by atoms with van der Waals surface area (Å²) in [5.74, 6) is 0.561. The highest BCUT2D eigenvalue weighted by atomic mass is 79.9. The quantitative estimate of drug-likeness (QED) is 0.200. The van der Waals surface area contributed by atoms with Crippen LogP contribution < -0.4 is 19.6 Å². The molecule has 0 heterocycles. The van der Waals surface area contributed by atoms with E-state index in [1.54, 1.807) is 73.8 Å². The second kappa shape index (κ2) is 11.3. The lowest BCUT2D eigenvalue weighted by atomic mass is 10.2. The van der Waals surface area contributed by atoms with Crippen LogP contribution in [0.1, 0.15) is 15.9 Å². The van der Waals surface area contributed by atoms with Crippen LogP contribution in [0.3, 0.4) is 0 Å². The summed E-state index contributed by atoms with van der Waals surface area (Å²) in [5.41, 5.74) is 3.36. The fraction of sp³-hybridized carbons (Fsp3) is 0.0870. The molecular formula is C23H18BrClN2O5. The second-order valence-electron chi connectivity index (χ2n) is 6.32. The number of esters is 1. The van der Waals surface area contributed by atoms with Gasteiger partial charge in [-0.05, 0) is 76.1 Å². The molecule has 0 aliphatic rings. The lowest BCUT2D eigenvalue weighted by Crippen LogP contribution is -2.24. The van der Waals surface area contributed by atoms with Crippen molar-refractivity contribution in [3.05, 3.63) is 87.4 Å². The molecule has 0 fully saturated rings. The molecule has 3 aromatic rings. The monoisotopic (exact) mass is 516 g/mol. The van der Waals surface area contributed by atoms with Crippen molar-refractivity contribution in [2.75, 3.05) is 13.7 Å². The van der Waals surface area contributed by atoms with Gasteiger partial charge in [-0.2, -0.15) is 5.10 Å². The number of nitrogens with zero attached hydrogens (tertiary/aromatic N) is 1. The van der Waals surface area contributed by atoms with E-state index in [1.165, 1.54) is 6.21 Å². The van der Waals surface area contributed by atoms with Gasteiger partial charge in [0, 0.05) is 0 Å². The number of carbonyl (C=O) groups is 2. The van der Waals surface area contributed by atoms with Crippen molar-refractivity contribution in [1.82, 2.24) is 5.43 Å². The Morgan fingerprint density at radius 3 is 2.47 bits per heavy atom. The molecule has 0 unspecified atom stereocenters. The van der Waals surface area contributed by atoms with Gasteiger partial charge in [-0.3, -0.25) is 4.79 Å². The third kappa shape index (κ3) is 6.57. The number of rotatable bonds is 8. The second-order valence-corrected chi connectivity index (χ2v) is 7.58. The van der Waals surface area contributed by atoms with Gasteiger partial charge < -0.3 is 14.2 Å². The molecule has 0 spiro atoms. The number of carbonyl (C=O) groups excluding carboxylic acids is 2. The number of halogens is 2. The van der Waals surface area contributed by atoms with Crippen molar-refractivity contribution >= 4 is 45.6 Å². The van der Waals surface area contributed by atoms with E-state index in [0.29, 0.717) is 32.3 Å². The summed E-state index contributed by atoms with van der Waals surface area (Å²) in [4.78, 5) is 24.1. The van der Waals surface area contributed by atoms with Crippen LogP contribution in [0.25, 0.3) is 0 Å². The first-order valence-corrected chi connectivity index (χ1v) is 10.5. The summed E-state index contributed by atoms with van der Waals surface area (Å²) in [6.07, 6.45) is 1.46. The molecule has 0 aromatic heterocycles. The van der Waals surface area contributed by atoms with Crippen LogP contribution in [0.2, 0.25) is 5.02 Å². The Bertz CT molecular complexity index is 1140. The number of hydrazone groups is 1. The zero-order valence-corrected chi connectivity index (χ0v) is 19.2. The molecule has 0 saturated heterocycles. The molecule has 0 radical (unpaired) electrons. The Hall–Kier alpha value is -3.36. The van der Waals surface area contributed by atoms with Gasteiger partial charge in [-0.25, -0.2) is 10.2 Å². The molecule has 3 aromatic carbocycles.